The van der Waals surface area contributed by atoms with Crippen molar-refractivity contribution in [3.05, 3.63) is 65.7 Å². The van der Waals surface area contributed by atoms with Crippen molar-refractivity contribution in [2.75, 3.05) is 19.7 Å². The fourth-order valence-electron chi connectivity index (χ4n) is 4.75. The Bertz CT molecular complexity index is 1060. The van der Waals surface area contributed by atoms with Crippen LogP contribution in [0.3, 0.4) is 0 Å². The number of ether oxygens (including phenoxy) is 1. The number of carbonyl (C=O) groups excluding carboxylic acids is 3. The topological polar surface area (TPSA) is 109 Å². The monoisotopic (exact) mass is 536 g/mol. The van der Waals surface area contributed by atoms with Crippen molar-refractivity contribution in [1.82, 2.24) is 21.3 Å². The molecule has 0 aromatic heterocycles. The van der Waals surface area contributed by atoms with Crippen molar-refractivity contribution in [3.63, 3.8) is 0 Å². The maximum absolute atomic E-state index is 13.5. The van der Waals surface area contributed by atoms with Crippen LogP contribution in [-0.2, 0) is 27.2 Å². The number of rotatable bonds is 6. The molecule has 1 aliphatic heterocycles. The lowest BCUT2D eigenvalue weighted by molar-refractivity contribution is -0.133. The standard InChI is InChI=1S/C31H44N4O4/c1-4-11-26-29(36)33-19-10-15-24-14-8-9-16-27(24)39-21-20-32-25(18-17-23-12-6-5-7-13-23)30(37)35-28(22(2)3)31(38)34-26/h5-9,12-14,16,22,25-26,28,32H,4,10-11,15,17-21H2,1-3H3,(H,33,36)(H,34,38)(H,35,37)/t25-,26+,28-/m1/s1. The van der Waals surface area contributed by atoms with E-state index in [9.17, 15) is 14.4 Å². The molecule has 0 unspecified atom stereocenters. The Hall–Kier alpha value is -3.39. The number of amides is 3. The lowest BCUT2D eigenvalue weighted by Crippen LogP contribution is -2.58. The van der Waals surface area contributed by atoms with Crippen LogP contribution < -0.4 is 26.0 Å². The minimum Gasteiger partial charge on any atom is -0.492 e. The average molecular weight is 537 g/mol. The van der Waals surface area contributed by atoms with E-state index in [-0.39, 0.29) is 23.6 Å². The number of nitrogens with one attached hydrogen (secondary N) is 4. The van der Waals surface area contributed by atoms with Crippen molar-refractivity contribution in [2.45, 2.75) is 77.4 Å². The summed E-state index contributed by atoms with van der Waals surface area (Å²) in [6.07, 6.45) is 4.06. The molecule has 8 nitrogen and oxygen atoms in total. The molecule has 3 atom stereocenters. The molecule has 2 aromatic rings. The van der Waals surface area contributed by atoms with Gasteiger partial charge in [0, 0.05) is 13.1 Å². The Morgan fingerprint density at radius 2 is 1.59 bits per heavy atom. The van der Waals surface area contributed by atoms with Crippen LogP contribution in [0.4, 0.5) is 0 Å². The molecule has 39 heavy (non-hydrogen) atoms. The van der Waals surface area contributed by atoms with E-state index in [1.165, 1.54) is 0 Å². The second-order valence-corrected chi connectivity index (χ2v) is 10.5. The third kappa shape index (κ3) is 9.70. The highest BCUT2D eigenvalue weighted by molar-refractivity contribution is 5.93. The van der Waals surface area contributed by atoms with E-state index in [0.29, 0.717) is 39.0 Å². The number of fused-ring (bicyclic) bond motifs is 1. The predicted octanol–water partition coefficient (Wildman–Crippen LogP) is 3.14. The van der Waals surface area contributed by atoms with Crippen molar-refractivity contribution >= 4 is 17.7 Å². The average Bonchev–Trinajstić information content (AvgIpc) is 2.93. The first-order chi connectivity index (χ1) is 18.9. The number of hydrogen-bond donors (Lipinski definition) is 4. The molecule has 0 fully saturated rings. The Kier molecular flexibility index (Phi) is 12.3. The Morgan fingerprint density at radius 1 is 0.846 bits per heavy atom. The van der Waals surface area contributed by atoms with Gasteiger partial charge in [0.15, 0.2) is 0 Å². The first-order valence-corrected chi connectivity index (χ1v) is 14.3. The quantitative estimate of drug-likeness (QED) is 0.454. The summed E-state index contributed by atoms with van der Waals surface area (Å²) in [6, 6.07) is 16.0. The lowest BCUT2D eigenvalue weighted by Gasteiger charge is -2.27. The van der Waals surface area contributed by atoms with E-state index in [1.807, 2.05) is 75.4 Å². The highest BCUT2D eigenvalue weighted by Gasteiger charge is 2.30. The van der Waals surface area contributed by atoms with Crippen LogP contribution in [0.15, 0.2) is 54.6 Å². The summed E-state index contributed by atoms with van der Waals surface area (Å²) in [7, 11) is 0. The first kappa shape index (κ1) is 30.2. The van der Waals surface area contributed by atoms with Crippen molar-refractivity contribution in [1.29, 1.82) is 0 Å². The summed E-state index contributed by atoms with van der Waals surface area (Å²) < 4.78 is 6.08. The van der Waals surface area contributed by atoms with Crippen LogP contribution in [0.5, 0.6) is 5.75 Å². The van der Waals surface area contributed by atoms with E-state index < -0.39 is 18.1 Å². The molecule has 4 N–H and O–H groups in total. The fourth-order valence-corrected chi connectivity index (χ4v) is 4.75. The van der Waals surface area contributed by atoms with Gasteiger partial charge in [-0.2, -0.15) is 0 Å². The van der Waals surface area contributed by atoms with Gasteiger partial charge in [-0.15, -0.1) is 0 Å². The molecule has 0 saturated heterocycles. The van der Waals surface area contributed by atoms with Gasteiger partial charge in [0.25, 0.3) is 0 Å². The molecule has 2 aromatic carbocycles. The Labute approximate surface area is 232 Å². The van der Waals surface area contributed by atoms with E-state index in [4.69, 9.17) is 4.74 Å². The maximum Gasteiger partial charge on any atom is 0.243 e. The Morgan fingerprint density at radius 3 is 2.33 bits per heavy atom. The van der Waals surface area contributed by atoms with Gasteiger partial charge in [-0.05, 0) is 55.2 Å². The lowest BCUT2D eigenvalue weighted by atomic mass is 10.00. The second-order valence-electron chi connectivity index (χ2n) is 10.5. The molecule has 0 bridgehead atoms. The summed E-state index contributed by atoms with van der Waals surface area (Å²) in [5.41, 5.74) is 2.22. The van der Waals surface area contributed by atoms with Gasteiger partial charge in [-0.25, -0.2) is 0 Å². The van der Waals surface area contributed by atoms with Gasteiger partial charge in [0.2, 0.25) is 17.7 Å². The third-order valence-corrected chi connectivity index (χ3v) is 6.98. The van der Waals surface area contributed by atoms with E-state index in [1.54, 1.807) is 0 Å². The number of hydrogen-bond acceptors (Lipinski definition) is 5. The molecule has 0 radical (unpaired) electrons. The fraction of sp³-hybridized carbons (Fsp3) is 0.516. The molecule has 1 heterocycles. The minimum absolute atomic E-state index is 0.153. The number of aryl methyl sites for hydroxylation is 2. The zero-order valence-electron chi connectivity index (χ0n) is 23.5. The molecule has 212 valence electrons. The Balaban J connectivity index is 1.81. The summed E-state index contributed by atoms with van der Waals surface area (Å²) in [4.78, 5) is 39.7. The molecular weight excluding hydrogens is 492 g/mol. The molecule has 8 heteroatoms. The molecule has 3 amide bonds. The van der Waals surface area contributed by atoms with Crippen LogP contribution in [0.2, 0.25) is 0 Å². The van der Waals surface area contributed by atoms with Gasteiger partial charge in [-0.1, -0.05) is 75.7 Å². The van der Waals surface area contributed by atoms with E-state index in [0.717, 1.165) is 36.1 Å². The summed E-state index contributed by atoms with van der Waals surface area (Å²) in [5.74, 6) is -0.121. The van der Waals surface area contributed by atoms with Gasteiger partial charge in [0.1, 0.15) is 24.4 Å². The summed E-state index contributed by atoms with van der Waals surface area (Å²) in [5, 5.41) is 12.2. The number of para-hydroxylation sites is 1. The van der Waals surface area contributed by atoms with Gasteiger partial charge in [0.05, 0.1) is 6.04 Å². The largest absolute Gasteiger partial charge is 0.492 e. The molecule has 3 rings (SSSR count). The van der Waals surface area contributed by atoms with Crippen LogP contribution >= 0.6 is 0 Å². The summed E-state index contributed by atoms with van der Waals surface area (Å²) >= 11 is 0. The zero-order chi connectivity index (χ0) is 28.0. The van der Waals surface area contributed by atoms with Crippen molar-refractivity contribution in [3.8, 4) is 5.75 Å². The molecule has 1 aliphatic rings. The van der Waals surface area contributed by atoms with Crippen molar-refractivity contribution in [2.24, 2.45) is 5.92 Å². The number of carbonyl (C=O) groups is 3. The van der Waals surface area contributed by atoms with Gasteiger partial charge < -0.3 is 26.0 Å². The highest BCUT2D eigenvalue weighted by Crippen LogP contribution is 2.19. The van der Waals surface area contributed by atoms with Gasteiger partial charge >= 0.3 is 0 Å². The van der Waals surface area contributed by atoms with Crippen LogP contribution in [0.25, 0.3) is 0 Å². The van der Waals surface area contributed by atoms with Crippen LogP contribution in [0, 0.1) is 5.92 Å². The predicted molar refractivity (Wildman–Crippen MR) is 153 cm³/mol. The molecule has 0 aliphatic carbocycles. The van der Waals surface area contributed by atoms with Gasteiger partial charge in [-0.3, -0.25) is 14.4 Å². The van der Waals surface area contributed by atoms with E-state index >= 15 is 0 Å². The van der Waals surface area contributed by atoms with Crippen molar-refractivity contribution < 1.29 is 19.1 Å². The SMILES string of the molecule is CCC[C@@H]1NC(=O)[C@@H](C(C)C)NC(=O)[C@@H](CCc2ccccc2)NCCOc2ccccc2CCCNC1=O. The minimum atomic E-state index is -0.757. The molecular formula is C31H44N4O4. The smallest absolute Gasteiger partial charge is 0.243 e. The first-order valence-electron chi connectivity index (χ1n) is 14.3. The van der Waals surface area contributed by atoms with Crippen LogP contribution in [-0.4, -0.2) is 55.5 Å². The molecule has 0 spiro atoms. The normalized spacial score (nSPS) is 21.9. The third-order valence-electron chi connectivity index (χ3n) is 6.98. The van der Waals surface area contributed by atoms with E-state index in [2.05, 4.69) is 21.3 Å². The highest BCUT2D eigenvalue weighted by atomic mass is 16.5. The maximum atomic E-state index is 13.5. The zero-order valence-corrected chi connectivity index (χ0v) is 23.5. The van der Waals surface area contributed by atoms with Crippen LogP contribution in [0.1, 0.15) is 57.6 Å². The number of benzene rings is 2. The summed E-state index contributed by atoms with van der Waals surface area (Å²) in [6.45, 7) is 7.14. The molecule has 0 saturated carbocycles. The second kappa shape index (κ2) is 15.9.